The molecule has 1 rings (SSSR count). The smallest absolute Gasteiger partial charge is 0.293 e. The van der Waals surface area contributed by atoms with Gasteiger partial charge in [-0.1, -0.05) is 6.42 Å². The topological polar surface area (TPSA) is 38.3 Å². The number of ether oxygens (including phenoxy) is 1. The number of hydrogen-bond acceptors (Lipinski definition) is 3. The summed E-state index contributed by atoms with van der Waals surface area (Å²) in [6.07, 6.45) is 6.11. The lowest BCUT2D eigenvalue weighted by Crippen LogP contribution is -2.15. The van der Waals surface area contributed by atoms with Crippen LogP contribution in [0.2, 0.25) is 0 Å². The maximum absolute atomic E-state index is 9.85. The fraction of sp³-hybridized carbons (Fsp3) is 0.889. The lowest BCUT2D eigenvalue weighted by molar-refractivity contribution is -0.134. The molecule has 0 spiro atoms. The molecule has 0 unspecified atom stereocenters. The fourth-order valence-corrected chi connectivity index (χ4v) is 1.28. The van der Waals surface area contributed by atoms with E-state index in [9.17, 15) is 4.79 Å². The summed E-state index contributed by atoms with van der Waals surface area (Å²) in [5, 5.41) is 2.75. The van der Waals surface area contributed by atoms with Crippen LogP contribution in [0.1, 0.15) is 32.1 Å². The Morgan fingerprint density at radius 3 is 2.17 bits per heavy atom. The van der Waals surface area contributed by atoms with Gasteiger partial charge in [-0.15, -0.1) is 0 Å². The van der Waals surface area contributed by atoms with Crippen LogP contribution in [0.3, 0.4) is 0 Å². The molecule has 3 nitrogen and oxygen atoms in total. The normalized spacial score (nSPS) is 17.5. The van der Waals surface area contributed by atoms with E-state index in [1.807, 2.05) is 14.1 Å². The van der Waals surface area contributed by atoms with Gasteiger partial charge < -0.3 is 10.1 Å². The van der Waals surface area contributed by atoms with E-state index in [2.05, 4.69) is 5.32 Å². The molecule has 0 amide bonds. The monoisotopic (exact) mass is 173 g/mol. The van der Waals surface area contributed by atoms with Crippen LogP contribution in [0.25, 0.3) is 0 Å². The van der Waals surface area contributed by atoms with E-state index in [1.165, 1.54) is 19.3 Å². The van der Waals surface area contributed by atoms with Crippen LogP contribution in [0.5, 0.6) is 0 Å². The summed E-state index contributed by atoms with van der Waals surface area (Å²) in [5.74, 6) is 0. The Kier molecular flexibility index (Phi) is 8.12. The first-order valence-corrected chi connectivity index (χ1v) is 4.52. The van der Waals surface area contributed by atoms with E-state index >= 15 is 0 Å². The highest BCUT2D eigenvalue weighted by molar-refractivity contribution is 5.37. The summed E-state index contributed by atoms with van der Waals surface area (Å²) in [6, 6.07) is 0. The third-order valence-electron chi connectivity index (χ3n) is 1.80. The minimum atomic E-state index is 0.233. The van der Waals surface area contributed by atoms with Crippen LogP contribution in [-0.4, -0.2) is 26.7 Å². The second kappa shape index (κ2) is 8.53. The first kappa shape index (κ1) is 11.4. The Hall–Kier alpha value is -0.570. The van der Waals surface area contributed by atoms with Crippen molar-refractivity contribution in [1.29, 1.82) is 0 Å². The van der Waals surface area contributed by atoms with Crippen molar-refractivity contribution in [2.75, 3.05) is 14.1 Å². The summed E-state index contributed by atoms with van der Waals surface area (Å²) in [7, 11) is 3.75. The molecule has 0 aromatic rings. The van der Waals surface area contributed by atoms with Gasteiger partial charge in [0.15, 0.2) is 0 Å². The van der Waals surface area contributed by atoms with Crippen molar-refractivity contribution in [3.8, 4) is 0 Å². The van der Waals surface area contributed by atoms with Crippen LogP contribution < -0.4 is 5.32 Å². The highest BCUT2D eigenvalue weighted by atomic mass is 16.5. The molecule has 0 atom stereocenters. The Morgan fingerprint density at radius 1 is 1.25 bits per heavy atom. The van der Waals surface area contributed by atoms with Crippen molar-refractivity contribution < 1.29 is 9.53 Å². The summed E-state index contributed by atoms with van der Waals surface area (Å²) < 4.78 is 4.80. The Labute approximate surface area is 74.5 Å². The molecule has 0 radical (unpaired) electrons. The number of hydrogen-bond donors (Lipinski definition) is 1. The summed E-state index contributed by atoms with van der Waals surface area (Å²) in [6.45, 7) is 0.565. The van der Waals surface area contributed by atoms with Gasteiger partial charge in [0, 0.05) is 0 Å². The standard InChI is InChI=1S/C7H12O2.C2H7N/c8-6-9-7-4-2-1-3-5-7;1-3-2/h6-7H,1-5H2;3H,1-2H3. The lowest BCUT2D eigenvalue weighted by Gasteiger charge is -2.18. The van der Waals surface area contributed by atoms with Gasteiger partial charge in [-0.3, -0.25) is 4.79 Å². The number of rotatable bonds is 2. The van der Waals surface area contributed by atoms with E-state index < -0.39 is 0 Å². The van der Waals surface area contributed by atoms with Crippen molar-refractivity contribution >= 4 is 6.47 Å². The van der Waals surface area contributed by atoms with Crippen LogP contribution >= 0.6 is 0 Å². The molecule has 1 fully saturated rings. The van der Waals surface area contributed by atoms with Crippen molar-refractivity contribution in [2.45, 2.75) is 38.2 Å². The van der Waals surface area contributed by atoms with Gasteiger partial charge in [0.2, 0.25) is 0 Å². The first-order valence-electron chi connectivity index (χ1n) is 4.52. The number of nitrogens with one attached hydrogen (secondary N) is 1. The quantitative estimate of drug-likeness (QED) is 0.640. The molecule has 0 saturated heterocycles. The lowest BCUT2D eigenvalue weighted by atomic mass is 9.98. The fourth-order valence-electron chi connectivity index (χ4n) is 1.28. The molecule has 1 aliphatic rings. The Morgan fingerprint density at radius 2 is 1.75 bits per heavy atom. The molecular weight excluding hydrogens is 154 g/mol. The average molecular weight is 173 g/mol. The average Bonchev–Trinajstić information content (AvgIpc) is 2.08. The molecule has 0 bridgehead atoms. The van der Waals surface area contributed by atoms with E-state index in [0.29, 0.717) is 6.47 Å². The largest absolute Gasteiger partial charge is 0.465 e. The van der Waals surface area contributed by atoms with Crippen molar-refractivity contribution in [3.63, 3.8) is 0 Å². The third-order valence-corrected chi connectivity index (χ3v) is 1.80. The van der Waals surface area contributed by atoms with Gasteiger partial charge >= 0.3 is 0 Å². The zero-order valence-corrected chi connectivity index (χ0v) is 8.01. The molecule has 1 N–H and O–H groups in total. The molecule has 0 heterocycles. The van der Waals surface area contributed by atoms with Gasteiger partial charge in [-0.05, 0) is 39.8 Å². The second-order valence-electron chi connectivity index (χ2n) is 2.99. The number of carbonyl (C=O) groups excluding carboxylic acids is 1. The van der Waals surface area contributed by atoms with Gasteiger partial charge in [-0.25, -0.2) is 0 Å². The second-order valence-corrected chi connectivity index (χ2v) is 2.99. The molecule has 0 aromatic carbocycles. The maximum Gasteiger partial charge on any atom is 0.293 e. The summed E-state index contributed by atoms with van der Waals surface area (Å²) >= 11 is 0. The maximum atomic E-state index is 9.85. The minimum absolute atomic E-state index is 0.233. The van der Waals surface area contributed by atoms with Crippen LogP contribution in [-0.2, 0) is 9.53 Å². The summed E-state index contributed by atoms with van der Waals surface area (Å²) in [4.78, 5) is 9.85. The molecule has 1 saturated carbocycles. The van der Waals surface area contributed by atoms with Crippen LogP contribution in [0.15, 0.2) is 0 Å². The van der Waals surface area contributed by atoms with Gasteiger partial charge in [0.1, 0.15) is 6.10 Å². The van der Waals surface area contributed by atoms with E-state index in [-0.39, 0.29) is 6.10 Å². The Balaban J connectivity index is 0.000000354. The van der Waals surface area contributed by atoms with Crippen molar-refractivity contribution in [3.05, 3.63) is 0 Å². The molecule has 0 aliphatic heterocycles. The van der Waals surface area contributed by atoms with Crippen LogP contribution in [0, 0.1) is 0 Å². The highest BCUT2D eigenvalue weighted by Crippen LogP contribution is 2.19. The molecule has 1 aliphatic carbocycles. The van der Waals surface area contributed by atoms with Gasteiger partial charge in [-0.2, -0.15) is 0 Å². The SMILES string of the molecule is CNC.O=COC1CCCCC1. The highest BCUT2D eigenvalue weighted by Gasteiger charge is 2.12. The van der Waals surface area contributed by atoms with Gasteiger partial charge in [0.25, 0.3) is 6.47 Å². The zero-order chi connectivity index (χ0) is 9.23. The predicted molar refractivity (Wildman–Crippen MR) is 49.0 cm³/mol. The van der Waals surface area contributed by atoms with E-state index in [0.717, 1.165) is 12.8 Å². The summed E-state index contributed by atoms with van der Waals surface area (Å²) in [5.41, 5.74) is 0. The molecule has 3 heteroatoms. The minimum Gasteiger partial charge on any atom is -0.465 e. The number of carbonyl (C=O) groups is 1. The van der Waals surface area contributed by atoms with Gasteiger partial charge in [0.05, 0.1) is 0 Å². The predicted octanol–water partition coefficient (Wildman–Crippen LogP) is 1.33. The van der Waals surface area contributed by atoms with Crippen molar-refractivity contribution in [1.82, 2.24) is 5.32 Å². The molecule has 72 valence electrons. The van der Waals surface area contributed by atoms with Crippen LogP contribution in [0.4, 0.5) is 0 Å². The third kappa shape index (κ3) is 6.16. The molecular formula is C9H19NO2. The first-order chi connectivity index (χ1) is 5.85. The molecule has 12 heavy (non-hydrogen) atoms. The Bertz CT molecular complexity index is 101. The van der Waals surface area contributed by atoms with E-state index in [1.54, 1.807) is 0 Å². The van der Waals surface area contributed by atoms with E-state index in [4.69, 9.17) is 4.74 Å². The van der Waals surface area contributed by atoms with Crippen molar-refractivity contribution in [2.24, 2.45) is 0 Å². The zero-order valence-electron chi connectivity index (χ0n) is 8.01. The molecule has 0 aromatic heterocycles.